The standard InChI is InChI=1S/C26H44N6O8/c1-8-9-12-38-32-17-10-11-18(30(15-17)23(32)36)20(33)28-29-21(34)19-13-16(27-22(35)39-25(2,3)4)14-31(19)24(37)40-26(5,6)7/h16-19H,8-15H2,1-7H3,(H,27,35)(H,28,33)(H,29,34)/t16-,17+,18+,19+/m1/s1. The molecule has 3 heterocycles. The molecule has 0 saturated carbocycles. The molecule has 2 bridgehead atoms. The van der Waals surface area contributed by atoms with Crippen LogP contribution in [-0.2, 0) is 23.9 Å². The predicted octanol–water partition coefficient (Wildman–Crippen LogP) is 2.04. The summed E-state index contributed by atoms with van der Waals surface area (Å²) in [4.78, 5) is 72.5. The van der Waals surface area contributed by atoms with E-state index in [1.807, 2.05) is 6.92 Å². The number of hydrogen-bond donors (Lipinski definition) is 3. The van der Waals surface area contributed by atoms with E-state index in [1.165, 1.54) is 14.9 Å². The monoisotopic (exact) mass is 568 g/mol. The smallest absolute Gasteiger partial charge is 0.411 e. The van der Waals surface area contributed by atoms with E-state index in [9.17, 15) is 24.0 Å². The van der Waals surface area contributed by atoms with Crippen LogP contribution in [0, 0.1) is 0 Å². The van der Waals surface area contributed by atoms with Crippen molar-refractivity contribution in [2.45, 2.75) is 116 Å². The van der Waals surface area contributed by atoms with E-state index >= 15 is 0 Å². The quantitative estimate of drug-likeness (QED) is 0.311. The summed E-state index contributed by atoms with van der Waals surface area (Å²) >= 11 is 0. The zero-order chi connectivity index (χ0) is 29.8. The van der Waals surface area contributed by atoms with Crippen molar-refractivity contribution >= 4 is 30.0 Å². The topological polar surface area (TPSA) is 159 Å². The molecule has 3 aliphatic heterocycles. The third kappa shape index (κ3) is 8.12. The summed E-state index contributed by atoms with van der Waals surface area (Å²) in [6, 6.07) is -2.85. The Labute approximate surface area is 235 Å². The molecule has 0 spiro atoms. The molecule has 0 aromatic carbocycles. The summed E-state index contributed by atoms with van der Waals surface area (Å²) in [5.41, 5.74) is 3.28. The molecule has 4 atom stereocenters. The number of rotatable bonds is 7. The number of hydrogen-bond acceptors (Lipinski definition) is 8. The van der Waals surface area contributed by atoms with Crippen LogP contribution in [-0.4, -0.2) is 100.0 Å². The first-order valence-corrected chi connectivity index (χ1v) is 13.9. The second-order valence-corrected chi connectivity index (χ2v) is 12.4. The molecule has 226 valence electrons. The largest absolute Gasteiger partial charge is 0.444 e. The van der Waals surface area contributed by atoms with Crippen LogP contribution >= 0.6 is 0 Å². The molecule has 14 nitrogen and oxygen atoms in total. The third-order valence-corrected chi connectivity index (χ3v) is 6.62. The summed E-state index contributed by atoms with van der Waals surface area (Å²) in [7, 11) is 0. The Balaban J connectivity index is 1.61. The van der Waals surface area contributed by atoms with E-state index in [4.69, 9.17) is 14.3 Å². The minimum absolute atomic E-state index is 0.0142. The van der Waals surface area contributed by atoms with Crippen LogP contribution in [0.15, 0.2) is 0 Å². The number of alkyl carbamates (subject to hydrolysis) is 1. The van der Waals surface area contributed by atoms with E-state index in [0.717, 1.165) is 12.8 Å². The predicted molar refractivity (Wildman–Crippen MR) is 142 cm³/mol. The number of piperidine rings is 1. The Morgan fingerprint density at radius 2 is 1.52 bits per heavy atom. The molecule has 0 radical (unpaired) electrons. The molecule has 0 aliphatic carbocycles. The van der Waals surface area contributed by atoms with Crippen LogP contribution in [0.25, 0.3) is 0 Å². The maximum absolute atomic E-state index is 13.2. The highest BCUT2D eigenvalue weighted by Gasteiger charge is 2.48. The SMILES string of the molecule is CCCCON1C(=O)N2C[C@@H]1CC[C@H]2C(=O)NNC(=O)[C@@H]1C[C@@H](NC(=O)OC(C)(C)C)CN1C(=O)OC(C)(C)C. The van der Waals surface area contributed by atoms with E-state index in [2.05, 4.69) is 16.2 Å². The van der Waals surface area contributed by atoms with Crippen molar-refractivity contribution < 1.29 is 38.3 Å². The molecule has 3 aliphatic rings. The number of nitrogens with zero attached hydrogens (tertiary/aromatic N) is 3. The first-order valence-electron chi connectivity index (χ1n) is 13.9. The van der Waals surface area contributed by atoms with Crippen molar-refractivity contribution in [1.82, 2.24) is 31.0 Å². The van der Waals surface area contributed by atoms with E-state index in [-0.39, 0.29) is 25.0 Å². The van der Waals surface area contributed by atoms with Gasteiger partial charge in [0.1, 0.15) is 23.3 Å². The number of unbranched alkanes of at least 4 members (excludes halogenated alkanes) is 1. The van der Waals surface area contributed by atoms with Gasteiger partial charge in [-0.3, -0.25) is 30.2 Å². The fourth-order valence-corrected chi connectivity index (χ4v) is 4.85. The summed E-state index contributed by atoms with van der Waals surface area (Å²) < 4.78 is 10.8. The van der Waals surface area contributed by atoms with Crippen molar-refractivity contribution in [2.24, 2.45) is 0 Å². The van der Waals surface area contributed by atoms with Gasteiger partial charge >= 0.3 is 18.2 Å². The molecule has 0 aromatic heterocycles. The molecule has 40 heavy (non-hydrogen) atoms. The van der Waals surface area contributed by atoms with E-state index in [1.54, 1.807) is 41.5 Å². The summed E-state index contributed by atoms with van der Waals surface area (Å²) in [6.45, 7) is 13.1. The molecule has 0 aromatic rings. The van der Waals surface area contributed by atoms with Gasteiger partial charge in [0.15, 0.2) is 0 Å². The summed E-state index contributed by atoms with van der Waals surface area (Å²) in [6.07, 6.45) is 1.45. The minimum Gasteiger partial charge on any atom is -0.444 e. The summed E-state index contributed by atoms with van der Waals surface area (Å²) in [5.74, 6) is -1.19. The lowest BCUT2D eigenvalue weighted by molar-refractivity contribution is -0.134. The van der Waals surface area contributed by atoms with Gasteiger partial charge in [0.2, 0.25) is 0 Å². The van der Waals surface area contributed by atoms with Crippen molar-refractivity contribution in [3.63, 3.8) is 0 Å². The molecule has 3 fully saturated rings. The first kappa shape index (κ1) is 31.2. The lowest BCUT2D eigenvalue weighted by Crippen LogP contribution is -2.57. The molecular formula is C26H44N6O8. The number of hydroxylamine groups is 2. The van der Waals surface area contributed by atoms with Crippen LogP contribution < -0.4 is 16.2 Å². The molecule has 14 heteroatoms. The van der Waals surface area contributed by atoms with Gasteiger partial charge in [0.25, 0.3) is 11.8 Å². The van der Waals surface area contributed by atoms with Crippen LogP contribution in [0.3, 0.4) is 0 Å². The highest BCUT2D eigenvalue weighted by Crippen LogP contribution is 2.30. The van der Waals surface area contributed by atoms with Gasteiger partial charge in [-0.2, -0.15) is 5.06 Å². The van der Waals surface area contributed by atoms with Gasteiger partial charge in [0.05, 0.1) is 18.7 Å². The number of carbonyl (C=O) groups excluding carboxylic acids is 5. The van der Waals surface area contributed by atoms with Crippen molar-refractivity contribution in [3.05, 3.63) is 0 Å². The Kier molecular flexibility index (Phi) is 9.75. The van der Waals surface area contributed by atoms with Crippen molar-refractivity contribution in [3.8, 4) is 0 Å². The van der Waals surface area contributed by atoms with Gasteiger partial charge in [-0.05, 0) is 67.2 Å². The fourth-order valence-electron chi connectivity index (χ4n) is 4.85. The highest BCUT2D eigenvalue weighted by molar-refractivity contribution is 5.92. The van der Waals surface area contributed by atoms with Gasteiger partial charge < -0.3 is 19.7 Å². The number of ether oxygens (including phenoxy) is 2. The van der Waals surface area contributed by atoms with Crippen molar-refractivity contribution in [1.29, 1.82) is 0 Å². The van der Waals surface area contributed by atoms with Gasteiger partial charge in [-0.25, -0.2) is 14.4 Å². The lowest BCUT2D eigenvalue weighted by Gasteiger charge is -2.30. The Bertz CT molecular complexity index is 977. The Morgan fingerprint density at radius 3 is 2.12 bits per heavy atom. The second kappa shape index (κ2) is 12.5. The average Bonchev–Trinajstić information content (AvgIpc) is 3.35. The number of amides is 6. The van der Waals surface area contributed by atoms with Gasteiger partial charge in [0, 0.05) is 13.1 Å². The maximum Gasteiger partial charge on any atom is 0.411 e. The number of urea groups is 1. The zero-order valence-corrected chi connectivity index (χ0v) is 24.6. The molecule has 3 saturated heterocycles. The molecular weight excluding hydrogens is 524 g/mol. The van der Waals surface area contributed by atoms with Crippen LogP contribution in [0.2, 0.25) is 0 Å². The minimum atomic E-state index is -1.03. The highest BCUT2D eigenvalue weighted by atomic mass is 16.7. The number of nitrogens with one attached hydrogen (secondary N) is 3. The van der Waals surface area contributed by atoms with Crippen LogP contribution in [0.5, 0.6) is 0 Å². The molecule has 3 rings (SSSR count). The maximum atomic E-state index is 13.2. The molecule has 3 N–H and O–H groups in total. The molecule has 6 amide bonds. The normalized spacial score (nSPS) is 24.6. The van der Waals surface area contributed by atoms with Gasteiger partial charge in [-0.15, -0.1) is 0 Å². The van der Waals surface area contributed by atoms with Gasteiger partial charge in [-0.1, -0.05) is 13.3 Å². The van der Waals surface area contributed by atoms with Crippen LogP contribution in [0.4, 0.5) is 14.4 Å². The average molecular weight is 569 g/mol. The number of fused-ring (bicyclic) bond motifs is 2. The van der Waals surface area contributed by atoms with Crippen LogP contribution in [0.1, 0.15) is 80.6 Å². The Hall–Kier alpha value is -3.29. The molecule has 0 unspecified atom stereocenters. The number of likely N-dealkylation sites (tertiary alicyclic amines) is 1. The summed E-state index contributed by atoms with van der Waals surface area (Å²) in [5, 5.41) is 4.05. The van der Waals surface area contributed by atoms with Crippen molar-refractivity contribution in [2.75, 3.05) is 19.7 Å². The number of carbonyl (C=O) groups is 5. The second-order valence-electron chi connectivity index (χ2n) is 12.4. The van der Waals surface area contributed by atoms with E-state index < -0.39 is 53.3 Å². The first-order chi connectivity index (χ1) is 18.6. The Morgan fingerprint density at radius 1 is 0.900 bits per heavy atom. The number of hydrazine groups is 1. The third-order valence-electron chi connectivity index (χ3n) is 6.62. The fraction of sp³-hybridized carbons (Fsp3) is 0.808. The van der Waals surface area contributed by atoms with E-state index in [0.29, 0.717) is 26.0 Å². The zero-order valence-electron chi connectivity index (χ0n) is 24.6. The lowest BCUT2D eigenvalue weighted by atomic mass is 10.0.